The smallest absolute Gasteiger partial charge is 0.202 e. The van der Waals surface area contributed by atoms with Crippen LogP contribution in [0.5, 0.6) is 0 Å². The largest absolute Gasteiger partial charge is 0.456 e. The van der Waals surface area contributed by atoms with Crippen LogP contribution in [0.3, 0.4) is 0 Å². The molecule has 1 N–H and O–H groups in total. The average Bonchev–Trinajstić information content (AvgIpc) is 2.93. The van der Waals surface area contributed by atoms with Crippen LogP contribution in [-0.4, -0.2) is 24.3 Å². The van der Waals surface area contributed by atoms with Crippen molar-refractivity contribution in [1.82, 2.24) is 0 Å². The fourth-order valence-corrected chi connectivity index (χ4v) is 3.31. The van der Waals surface area contributed by atoms with Crippen LogP contribution in [0.25, 0.3) is 21.9 Å². The van der Waals surface area contributed by atoms with Crippen LogP contribution in [0, 0.1) is 0 Å². The first-order valence-corrected chi connectivity index (χ1v) is 7.59. The van der Waals surface area contributed by atoms with Gasteiger partial charge in [0.1, 0.15) is 11.2 Å². The summed E-state index contributed by atoms with van der Waals surface area (Å²) in [6.07, 6.45) is 0.412. The molecule has 2 aromatic carbocycles. The Morgan fingerprint density at radius 2 is 2.05 bits per heavy atom. The van der Waals surface area contributed by atoms with Gasteiger partial charge in [0.15, 0.2) is 0 Å². The second kappa shape index (κ2) is 5.00. The fourth-order valence-electron chi connectivity index (χ4n) is 3.02. The van der Waals surface area contributed by atoms with Gasteiger partial charge >= 0.3 is 0 Å². The molecule has 0 aliphatic carbocycles. The third-order valence-electron chi connectivity index (χ3n) is 4.15. The molecule has 4 nitrogen and oxygen atoms in total. The number of halogens is 1. The van der Waals surface area contributed by atoms with Gasteiger partial charge < -0.3 is 14.4 Å². The zero-order valence-electron chi connectivity index (χ0n) is 11.8. The van der Waals surface area contributed by atoms with E-state index in [1.165, 1.54) is 0 Å². The van der Waals surface area contributed by atoms with Crippen molar-refractivity contribution in [2.75, 3.05) is 18.0 Å². The first-order chi connectivity index (χ1) is 10.6. The Kier molecular flexibility index (Phi) is 3.10. The van der Waals surface area contributed by atoms with Gasteiger partial charge in [0.25, 0.3) is 0 Å². The van der Waals surface area contributed by atoms with Crippen molar-refractivity contribution < 1.29 is 9.52 Å². The fraction of sp³-hybridized carbons (Fsp3) is 0.235. The lowest BCUT2D eigenvalue weighted by Crippen LogP contribution is -2.21. The van der Waals surface area contributed by atoms with Crippen molar-refractivity contribution in [2.45, 2.75) is 12.5 Å². The third kappa shape index (κ3) is 2.07. The number of para-hydroxylation sites is 1. The molecule has 0 unspecified atom stereocenters. The molecular weight excluding hydrogens is 302 g/mol. The van der Waals surface area contributed by atoms with Gasteiger partial charge in [0.2, 0.25) is 5.43 Å². The standard InChI is InChI=1S/C17H14ClNO3/c18-13-7-10(19-6-5-11(20)9-19)8-15-16(13)17(21)12-3-1-2-4-14(12)22-15/h1-4,7-8,11,20H,5-6,9H2/t11-/m1/s1. The number of anilines is 1. The van der Waals surface area contributed by atoms with Crippen LogP contribution in [-0.2, 0) is 0 Å². The number of hydrogen-bond donors (Lipinski definition) is 1. The van der Waals surface area contributed by atoms with E-state index in [1.54, 1.807) is 24.3 Å². The monoisotopic (exact) mass is 315 g/mol. The van der Waals surface area contributed by atoms with E-state index in [0.717, 1.165) is 18.7 Å². The van der Waals surface area contributed by atoms with Gasteiger partial charge in [-0.05, 0) is 24.6 Å². The van der Waals surface area contributed by atoms with Gasteiger partial charge in [-0.25, -0.2) is 0 Å². The van der Waals surface area contributed by atoms with Gasteiger partial charge in [-0.15, -0.1) is 0 Å². The lowest BCUT2D eigenvalue weighted by Gasteiger charge is -2.18. The van der Waals surface area contributed by atoms with Gasteiger partial charge in [0, 0.05) is 24.8 Å². The molecule has 0 spiro atoms. The van der Waals surface area contributed by atoms with E-state index in [4.69, 9.17) is 16.0 Å². The van der Waals surface area contributed by atoms with E-state index in [-0.39, 0.29) is 11.5 Å². The average molecular weight is 316 g/mol. The molecule has 5 heteroatoms. The van der Waals surface area contributed by atoms with E-state index < -0.39 is 0 Å². The van der Waals surface area contributed by atoms with Crippen LogP contribution in [0.1, 0.15) is 6.42 Å². The van der Waals surface area contributed by atoms with Gasteiger partial charge in [-0.3, -0.25) is 4.79 Å². The highest BCUT2D eigenvalue weighted by Gasteiger charge is 2.22. The molecule has 2 heterocycles. The number of aliphatic hydroxyl groups is 1. The lowest BCUT2D eigenvalue weighted by atomic mass is 10.1. The summed E-state index contributed by atoms with van der Waals surface area (Å²) >= 11 is 6.33. The lowest BCUT2D eigenvalue weighted by molar-refractivity contribution is 0.198. The van der Waals surface area contributed by atoms with Crippen molar-refractivity contribution >= 4 is 39.2 Å². The number of nitrogens with zero attached hydrogens (tertiary/aromatic N) is 1. The normalized spacial score (nSPS) is 18.5. The molecule has 4 rings (SSSR count). The number of β-amino-alcohol motifs (C(OH)–C–C–N with tert-alkyl or cyclic N) is 1. The summed E-state index contributed by atoms with van der Waals surface area (Å²) in [6.45, 7) is 1.33. The molecule has 1 aliphatic rings. The first-order valence-electron chi connectivity index (χ1n) is 7.21. The van der Waals surface area contributed by atoms with Crippen LogP contribution >= 0.6 is 11.6 Å². The Morgan fingerprint density at radius 3 is 2.82 bits per heavy atom. The van der Waals surface area contributed by atoms with Crippen LogP contribution < -0.4 is 10.3 Å². The van der Waals surface area contributed by atoms with Crippen LogP contribution in [0.4, 0.5) is 5.69 Å². The molecular formula is C17H14ClNO3. The zero-order chi connectivity index (χ0) is 15.3. The van der Waals surface area contributed by atoms with E-state index in [2.05, 4.69) is 0 Å². The third-order valence-corrected chi connectivity index (χ3v) is 4.44. The first kappa shape index (κ1) is 13.6. The number of benzene rings is 2. The minimum Gasteiger partial charge on any atom is -0.456 e. The Labute approximate surface area is 131 Å². The predicted molar refractivity (Wildman–Crippen MR) is 87.8 cm³/mol. The maximum absolute atomic E-state index is 12.6. The molecule has 0 bridgehead atoms. The predicted octanol–water partition coefficient (Wildman–Crippen LogP) is 3.17. The molecule has 1 saturated heterocycles. The number of rotatable bonds is 1. The topological polar surface area (TPSA) is 53.7 Å². The molecule has 0 amide bonds. The second-order valence-electron chi connectivity index (χ2n) is 5.62. The molecule has 3 aromatic rings. The molecule has 0 radical (unpaired) electrons. The van der Waals surface area contributed by atoms with E-state index in [9.17, 15) is 9.90 Å². The van der Waals surface area contributed by atoms with Gasteiger partial charge in [-0.2, -0.15) is 0 Å². The number of hydrogen-bond acceptors (Lipinski definition) is 4. The highest BCUT2D eigenvalue weighted by molar-refractivity contribution is 6.35. The van der Waals surface area contributed by atoms with Crippen molar-refractivity contribution in [1.29, 1.82) is 0 Å². The van der Waals surface area contributed by atoms with Crippen molar-refractivity contribution in [3.05, 3.63) is 51.6 Å². The van der Waals surface area contributed by atoms with Crippen molar-refractivity contribution in [3.8, 4) is 0 Å². The Balaban J connectivity index is 1.98. The summed E-state index contributed by atoms with van der Waals surface area (Å²) in [5.74, 6) is 0. The summed E-state index contributed by atoms with van der Waals surface area (Å²) < 4.78 is 5.86. The van der Waals surface area contributed by atoms with Crippen LogP contribution in [0.2, 0.25) is 5.02 Å². The van der Waals surface area contributed by atoms with E-state index >= 15 is 0 Å². The number of aliphatic hydroxyl groups excluding tert-OH is 1. The molecule has 1 aliphatic heterocycles. The Hall–Kier alpha value is -2.04. The highest BCUT2D eigenvalue weighted by Crippen LogP contribution is 2.31. The SMILES string of the molecule is O=c1c2ccccc2oc2cc(N3CC[C@@H](O)C3)cc(Cl)c12. The van der Waals surface area contributed by atoms with Gasteiger partial charge in [-0.1, -0.05) is 23.7 Å². The quantitative estimate of drug-likeness (QED) is 0.701. The minimum atomic E-state index is -0.321. The highest BCUT2D eigenvalue weighted by atomic mass is 35.5. The Morgan fingerprint density at radius 1 is 1.23 bits per heavy atom. The summed E-state index contributed by atoms with van der Waals surface area (Å²) in [6, 6.07) is 10.7. The van der Waals surface area contributed by atoms with Crippen molar-refractivity contribution in [3.63, 3.8) is 0 Å². The minimum absolute atomic E-state index is 0.116. The summed E-state index contributed by atoms with van der Waals surface area (Å²) in [4.78, 5) is 14.6. The summed E-state index contributed by atoms with van der Waals surface area (Å²) in [5.41, 5.74) is 1.78. The molecule has 1 aromatic heterocycles. The number of fused-ring (bicyclic) bond motifs is 2. The molecule has 1 fully saturated rings. The maximum atomic E-state index is 12.6. The van der Waals surface area contributed by atoms with E-state index in [0.29, 0.717) is 33.5 Å². The second-order valence-corrected chi connectivity index (χ2v) is 6.02. The molecule has 112 valence electrons. The van der Waals surface area contributed by atoms with Crippen LogP contribution in [0.15, 0.2) is 45.6 Å². The molecule has 1 atom stereocenters. The maximum Gasteiger partial charge on any atom is 0.202 e. The molecule has 22 heavy (non-hydrogen) atoms. The summed E-state index contributed by atoms with van der Waals surface area (Å²) in [5, 5.41) is 11.0. The van der Waals surface area contributed by atoms with E-state index in [1.807, 2.05) is 17.0 Å². The molecule has 0 saturated carbocycles. The van der Waals surface area contributed by atoms with Gasteiger partial charge in [0.05, 0.1) is 21.9 Å². The zero-order valence-corrected chi connectivity index (χ0v) is 12.5. The Bertz CT molecular complexity index is 934. The summed E-state index contributed by atoms with van der Waals surface area (Å²) in [7, 11) is 0. The van der Waals surface area contributed by atoms with Crippen molar-refractivity contribution in [2.24, 2.45) is 0 Å².